The molecule has 0 radical (unpaired) electrons. The fourth-order valence-corrected chi connectivity index (χ4v) is 2.55. The third-order valence-electron chi connectivity index (χ3n) is 1.92. The Hall–Kier alpha value is -1.12. The van der Waals surface area contributed by atoms with Crippen LogP contribution in [0.1, 0.15) is 16.5 Å². The van der Waals surface area contributed by atoms with Crippen molar-refractivity contribution in [1.29, 1.82) is 0 Å². The molecule has 0 aromatic carbocycles. The van der Waals surface area contributed by atoms with Crippen LogP contribution in [-0.2, 0) is 5.75 Å². The Kier molecular flexibility index (Phi) is 3.42. The van der Waals surface area contributed by atoms with Crippen molar-refractivity contribution in [3.63, 3.8) is 0 Å². The molecule has 0 aliphatic carbocycles. The van der Waals surface area contributed by atoms with Gasteiger partial charge >= 0.3 is 0 Å². The fourth-order valence-electron chi connectivity index (χ4n) is 0.999. The number of rotatable bonds is 4. The number of hydrogen-bond acceptors (Lipinski definition) is 8. The number of hydrazine groups is 1. The minimum Gasteiger partial charge on any atom is -0.437 e. The Labute approximate surface area is 101 Å². The monoisotopic (exact) mass is 257 g/mol. The van der Waals surface area contributed by atoms with Crippen molar-refractivity contribution in [2.75, 3.05) is 5.43 Å². The predicted molar refractivity (Wildman–Crippen MR) is 63.3 cm³/mol. The molecule has 6 nitrogen and oxygen atoms in total. The molecule has 8 heteroatoms. The summed E-state index contributed by atoms with van der Waals surface area (Å²) in [4.78, 5) is 4.26. The maximum atomic E-state index is 5.44. The van der Waals surface area contributed by atoms with Gasteiger partial charge in [0, 0.05) is 0 Å². The van der Waals surface area contributed by atoms with Gasteiger partial charge in [-0.2, -0.15) is 0 Å². The van der Waals surface area contributed by atoms with Gasteiger partial charge in [0.15, 0.2) is 0 Å². The second-order valence-electron chi connectivity index (χ2n) is 3.06. The number of thioether (sulfide) groups is 1. The number of oxazole rings is 1. The highest BCUT2D eigenvalue weighted by Crippen LogP contribution is 2.26. The number of anilines is 1. The van der Waals surface area contributed by atoms with Gasteiger partial charge in [0.25, 0.3) is 5.22 Å². The van der Waals surface area contributed by atoms with E-state index in [1.54, 1.807) is 0 Å². The fraction of sp³-hybridized carbons (Fsp3) is 0.375. The van der Waals surface area contributed by atoms with Crippen LogP contribution in [0.25, 0.3) is 0 Å². The molecule has 2 rings (SSSR count). The predicted octanol–water partition coefficient (Wildman–Crippen LogP) is 1.72. The lowest BCUT2D eigenvalue weighted by Gasteiger charge is -1.90. The molecule has 0 saturated heterocycles. The lowest BCUT2D eigenvalue weighted by Crippen LogP contribution is -2.05. The van der Waals surface area contributed by atoms with Crippen molar-refractivity contribution in [2.45, 2.75) is 24.8 Å². The molecule has 0 bridgehead atoms. The number of hydrogen-bond donors (Lipinski definition) is 2. The van der Waals surface area contributed by atoms with Crippen LogP contribution in [0.5, 0.6) is 0 Å². The Bertz CT molecular complexity index is 461. The largest absolute Gasteiger partial charge is 0.437 e. The van der Waals surface area contributed by atoms with Gasteiger partial charge in [-0.05, 0) is 13.8 Å². The van der Waals surface area contributed by atoms with Crippen molar-refractivity contribution in [3.05, 3.63) is 16.5 Å². The number of nitrogen functional groups attached to an aromatic ring is 1. The van der Waals surface area contributed by atoms with Gasteiger partial charge in [0.1, 0.15) is 10.8 Å². The van der Waals surface area contributed by atoms with E-state index in [1.807, 2.05) is 13.8 Å². The van der Waals surface area contributed by atoms with Gasteiger partial charge < -0.3 is 4.42 Å². The first-order valence-electron chi connectivity index (χ1n) is 4.55. The van der Waals surface area contributed by atoms with Gasteiger partial charge in [-0.1, -0.05) is 23.1 Å². The lowest BCUT2D eigenvalue weighted by molar-refractivity contribution is 0.431. The van der Waals surface area contributed by atoms with Gasteiger partial charge in [0.05, 0.1) is 11.4 Å². The second kappa shape index (κ2) is 4.81. The van der Waals surface area contributed by atoms with Crippen LogP contribution in [0.3, 0.4) is 0 Å². The third kappa shape index (κ3) is 2.52. The minimum atomic E-state index is 0.607. The third-order valence-corrected chi connectivity index (χ3v) is 3.79. The average molecular weight is 257 g/mol. The van der Waals surface area contributed by atoms with E-state index in [2.05, 4.69) is 20.6 Å². The molecule has 2 aromatic heterocycles. The summed E-state index contributed by atoms with van der Waals surface area (Å²) in [6.45, 7) is 3.82. The lowest BCUT2D eigenvalue weighted by atomic mass is 10.4. The smallest absolute Gasteiger partial charge is 0.256 e. The van der Waals surface area contributed by atoms with Crippen molar-refractivity contribution in [2.24, 2.45) is 5.84 Å². The molecule has 2 heterocycles. The summed E-state index contributed by atoms with van der Waals surface area (Å²) in [5.41, 5.74) is 3.38. The Morgan fingerprint density at radius 1 is 1.44 bits per heavy atom. The first kappa shape index (κ1) is 11.4. The van der Waals surface area contributed by atoms with Crippen LogP contribution < -0.4 is 11.3 Å². The van der Waals surface area contributed by atoms with Crippen molar-refractivity contribution in [1.82, 2.24) is 15.2 Å². The molecule has 3 N–H and O–H groups in total. The summed E-state index contributed by atoms with van der Waals surface area (Å²) in [6.07, 6.45) is 0. The van der Waals surface area contributed by atoms with Crippen LogP contribution in [0.4, 0.5) is 5.13 Å². The quantitative estimate of drug-likeness (QED) is 0.489. The Morgan fingerprint density at radius 2 is 2.25 bits per heavy atom. The summed E-state index contributed by atoms with van der Waals surface area (Å²) in [5, 5.41) is 9.95. The Balaban J connectivity index is 1.96. The zero-order valence-electron chi connectivity index (χ0n) is 8.85. The molecule has 0 aliphatic rings. The van der Waals surface area contributed by atoms with E-state index in [4.69, 9.17) is 10.3 Å². The first-order valence-corrected chi connectivity index (χ1v) is 6.35. The van der Waals surface area contributed by atoms with Crippen molar-refractivity contribution in [3.8, 4) is 0 Å². The number of nitrogens with one attached hydrogen (secondary N) is 1. The topological polar surface area (TPSA) is 89.9 Å². The molecule has 0 aliphatic heterocycles. The Morgan fingerprint density at radius 3 is 2.81 bits per heavy atom. The van der Waals surface area contributed by atoms with Gasteiger partial charge in [0.2, 0.25) is 5.13 Å². The summed E-state index contributed by atoms with van der Waals surface area (Å²) in [5.74, 6) is 6.74. The number of nitrogens with zero attached hydrogens (tertiary/aromatic N) is 3. The highest BCUT2D eigenvalue weighted by atomic mass is 32.2. The van der Waals surface area contributed by atoms with E-state index >= 15 is 0 Å². The zero-order chi connectivity index (χ0) is 11.5. The normalized spacial score (nSPS) is 10.7. The first-order chi connectivity index (χ1) is 7.69. The summed E-state index contributed by atoms with van der Waals surface area (Å²) in [7, 11) is 0. The molecule has 0 amide bonds. The minimum absolute atomic E-state index is 0.607. The van der Waals surface area contributed by atoms with E-state index in [-0.39, 0.29) is 0 Å². The van der Waals surface area contributed by atoms with Crippen LogP contribution >= 0.6 is 23.1 Å². The molecule has 2 aromatic rings. The number of aryl methyl sites for hydroxylation is 2. The molecule has 16 heavy (non-hydrogen) atoms. The van der Waals surface area contributed by atoms with Crippen LogP contribution in [0.2, 0.25) is 0 Å². The molecular formula is C8H11N5OS2. The van der Waals surface area contributed by atoms with Crippen LogP contribution in [-0.4, -0.2) is 15.2 Å². The number of nitrogens with two attached hydrogens (primary N) is 1. The summed E-state index contributed by atoms with van der Waals surface area (Å²) < 4.78 is 5.44. The van der Waals surface area contributed by atoms with E-state index in [0.717, 1.165) is 16.5 Å². The molecule has 0 spiro atoms. The molecule has 86 valence electrons. The number of aromatic nitrogens is 3. The summed E-state index contributed by atoms with van der Waals surface area (Å²) >= 11 is 2.91. The average Bonchev–Trinajstić information content (AvgIpc) is 2.84. The van der Waals surface area contributed by atoms with Crippen LogP contribution in [0.15, 0.2) is 9.64 Å². The zero-order valence-corrected chi connectivity index (χ0v) is 10.5. The maximum absolute atomic E-state index is 5.44. The second-order valence-corrected chi connectivity index (χ2v) is 5.04. The van der Waals surface area contributed by atoms with E-state index < -0.39 is 0 Å². The highest BCUT2D eigenvalue weighted by Gasteiger charge is 2.08. The SMILES string of the molecule is Cc1nc(SCc2nnc(NN)s2)oc1C. The summed E-state index contributed by atoms with van der Waals surface area (Å²) in [6, 6.07) is 0. The van der Waals surface area contributed by atoms with Crippen LogP contribution in [0, 0.1) is 13.8 Å². The molecule has 0 saturated carbocycles. The standard InChI is InChI=1S/C8H11N5OS2/c1-4-5(2)14-8(10-4)15-3-6-12-13-7(11-9)16-6/h3,9H2,1-2H3,(H,11,13). The maximum Gasteiger partial charge on any atom is 0.256 e. The molecular weight excluding hydrogens is 246 g/mol. The molecule has 0 unspecified atom stereocenters. The van der Waals surface area contributed by atoms with E-state index in [9.17, 15) is 0 Å². The van der Waals surface area contributed by atoms with Gasteiger partial charge in [-0.25, -0.2) is 10.8 Å². The highest BCUT2D eigenvalue weighted by molar-refractivity contribution is 7.98. The molecule has 0 fully saturated rings. The molecule has 0 atom stereocenters. The van der Waals surface area contributed by atoms with Crippen molar-refractivity contribution < 1.29 is 4.42 Å². The van der Waals surface area contributed by atoms with E-state index in [1.165, 1.54) is 23.1 Å². The van der Waals surface area contributed by atoms with Gasteiger partial charge in [-0.3, -0.25) is 5.43 Å². The van der Waals surface area contributed by atoms with Gasteiger partial charge in [-0.15, -0.1) is 10.2 Å². The van der Waals surface area contributed by atoms with Crippen molar-refractivity contribution >= 4 is 28.2 Å². The van der Waals surface area contributed by atoms with E-state index in [0.29, 0.717) is 16.1 Å².